The molecule has 30 heavy (non-hydrogen) atoms. The summed E-state index contributed by atoms with van der Waals surface area (Å²) in [7, 11) is 0. The molecule has 2 fully saturated rings. The van der Waals surface area contributed by atoms with Gasteiger partial charge in [-0.3, -0.25) is 9.59 Å². The molecule has 160 valence electrons. The summed E-state index contributed by atoms with van der Waals surface area (Å²) in [6.45, 7) is 4.54. The van der Waals surface area contributed by atoms with E-state index in [1.54, 1.807) is 6.07 Å². The predicted molar refractivity (Wildman–Crippen MR) is 119 cm³/mol. The number of rotatable bonds is 7. The van der Waals surface area contributed by atoms with Crippen molar-refractivity contribution < 1.29 is 4.79 Å². The molecule has 2 aliphatic carbocycles. The first-order valence-electron chi connectivity index (χ1n) is 11.0. The van der Waals surface area contributed by atoms with E-state index in [-0.39, 0.29) is 23.4 Å². The van der Waals surface area contributed by atoms with Crippen LogP contribution in [0, 0.1) is 5.92 Å². The first kappa shape index (κ1) is 21.1. The zero-order valence-corrected chi connectivity index (χ0v) is 18.5. The summed E-state index contributed by atoms with van der Waals surface area (Å²) in [5.41, 5.74) is 1.37. The molecular weight excluding hydrogens is 398 g/mol. The van der Waals surface area contributed by atoms with Crippen LogP contribution in [0.3, 0.4) is 0 Å². The second-order valence-electron chi connectivity index (χ2n) is 9.17. The van der Waals surface area contributed by atoms with Crippen molar-refractivity contribution in [2.24, 2.45) is 5.92 Å². The summed E-state index contributed by atoms with van der Waals surface area (Å²) in [6.07, 6.45) is 6.01. The minimum atomic E-state index is -0.522. The smallest absolute Gasteiger partial charge is 0.266 e. The predicted octanol–water partition coefficient (Wildman–Crippen LogP) is 4.43. The van der Waals surface area contributed by atoms with Crippen molar-refractivity contribution in [3.05, 3.63) is 63.0 Å². The van der Waals surface area contributed by atoms with Crippen LogP contribution in [0.25, 0.3) is 0 Å². The number of aromatic nitrogens is 2. The van der Waals surface area contributed by atoms with Gasteiger partial charge in [-0.1, -0.05) is 50.4 Å². The lowest BCUT2D eigenvalue weighted by molar-refractivity contribution is -0.127. The summed E-state index contributed by atoms with van der Waals surface area (Å²) in [5.74, 6) is 0.707. The lowest BCUT2D eigenvalue weighted by Crippen LogP contribution is -2.51. The molecule has 0 spiro atoms. The van der Waals surface area contributed by atoms with Crippen molar-refractivity contribution in [2.45, 2.75) is 76.3 Å². The monoisotopic (exact) mass is 427 g/mol. The lowest BCUT2D eigenvalue weighted by atomic mass is 9.77. The fraction of sp³-hybridized carbons (Fsp3) is 0.542. The number of amides is 1. The Morgan fingerprint density at radius 1 is 1.17 bits per heavy atom. The standard InChI is InChI=1S/C24H30ClN3O2/c1-16(2)21(15-28-22(29)12-11-20(27-28)17-5-6-17)26-23(30)24(13-3-4-14-24)18-7-9-19(25)10-8-18/h7-12,16-17,21H,3-6,13-15H2,1-2H3,(H,26,30)/t21-/m1/s1. The number of hydrogen-bond donors (Lipinski definition) is 1. The average molecular weight is 428 g/mol. The van der Waals surface area contributed by atoms with Gasteiger partial charge in [0.2, 0.25) is 5.91 Å². The zero-order valence-electron chi connectivity index (χ0n) is 17.7. The highest BCUT2D eigenvalue weighted by molar-refractivity contribution is 6.30. The van der Waals surface area contributed by atoms with Crippen LogP contribution in [0.4, 0.5) is 0 Å². The van der Waals surface area contributed by atoms with Gasteiger partial charge < -0.3 is 5.32 Å². The second kappa shape index (κ2) is 8.54. The number of halogens is 1. The summed E-state index contributed by atoms with van der Waals surface area (Å²) in [6, 6.07) is 10.9. The second-order valence-corrected chi connectivity index (χ2v) is 9.61. The van der Waals surface area contributed by atoms with Crippen LogP contribution in [0.2, 0.25) is 5.02 Å². The molecule has 1 atom stereocenters. The summed E-state index contributed by atoms with van der Waals surface area (Å²) in [5, 5.41) is 8.54. The van der Waals surface area contributed by atoms with Crippen LogP contribution < -0.4 is 10.9 Å². The number of carbonyl (C=O) groups is 1. The maximum Gasteiger partial charge on any atom is 0.266 e. The molecule has 1 amide bonds. The maximum absolute atomic E-state index is 13.6. The Labute approximate surface area is 182 Å². The van der Waals surface area contributed by atoms with Gasteiger partial charge in [-0.2, -0.15) is 5.10 Å². The SMILES string of the molecule is CC(C)[C@@H](Cn1nc(C2CC2)ccc1=O)NC(=O)C1(c2ccc(Cl)cc2)CCCC1. The van der Waals surface area contributed by atoms with E-state index >= 15 is 0 Å². The fourth-order valence-corrected chi connectivity index (χ4v) is 4.63. The van der Waals surface area contributed by atoms with E-state index in [4.69, 9.17) is 11.6 Å². The highest BCUT2D eigenvalue weighted by atomic mass is 35.5. The molecule has 2 aromatic rings. The van der Waals surface area contributed by atoms with E-state index in [9.17, 15) is 9.59 Å². The van der Waals surface area contributed by atoms with Gasteiger partial charge in [0, 0.05) is 17.0 Å². The molecule has 1 heterocycles. The number of nitrogens with zero attached hydrogens (tertiary/aromatic N) is 2. The van der Waals surface area contributed by atoms with E-state index in [0.717, 1.165) is 49.8 Å². The first-order chi connectivity index (χ1) is 14.4. The molecule has 1 N–H and O–H groups in total. The average Bonchev–Trinajstić information content (AvgIpc) is 3.45. The van der Waals surface area contributed by atoms with Crippen LogP contribution in [0.1, 0.15) is 69.5 Å². The van der Waals surface area contributed by atoms with Crippen molar-refractivity contribution in [3.8, 4) is 0 Å². The Balaban J connectivity index is 1.56. The molecule has 0 unspecified atom stereocenters. The van der Waals surface area contributed by atoms with Gasteiger partial charge in [-0.25, -0.2) is 4.68 Å². The molecular formula is C24H30ClN3O2. The topological polar surface area (TPSA) is 64.0 Å². The third kappa shape index (κ3) is 4.31. The Hall–Kier alpha value is -2.14. The Morgan fingerprint density at radius 3 is 2.43 bits per heavy atom. The highest BCUT2D eigenvalue weighted by Crippen LogP contribution is 2.42. The third-order valence-corrected chi connectivity index (χ3v) is 6.91. The molecule has 6 heteroatoms. The van der Waals surface area contributed by atoms with E-state index < -0.39 is 5.41 Å². The van der Waals surface area contributed by atoms with Crippen LogP contribution in [0.15, 0.2) is 41.2 Å². The molecule has 1 aromatic heterocycles. The highest BCUT2D eigenvalue weighted by Gasteiger charge is 2.43. The largest absolute Gasteiger partial charge is 0.350 e. The molecule has 1 aromatic carbocycles. The van der Waals surface area contributed by atoms with Crippen molar-refractivity contribution in [1.29, 1.82) is 0 Å². The van der Waals surface area contributed by atoms with Gasteiger partial charge in [0.25, 0.3) is 5.56 Å². The van der Waals surface area contributed by atoms with Gasteiger partial charge in [0.15, 0.2) is 0 Å². The van der Waals surface area contributed by atoms with Crippen molar-refractivity contribution in [3.63, 3.8) is 0 Å². The lowest BCUT2D eigenvalue weighted by Gasteiger charge is -2.32. The van der Waals surface area contributed by atoms with Crippen LogP contribution >= 0.6 is 11.6 Å². The van der Waals surface area contributed by atoms with E-state index in [0.29, 0.717) is 17.5 Å². The molecule has 2 aliphatic rings. The van der Waals surface area contributed by atoms with Crippen molar-refractivity contribution >= 4 is 17.5 Å². The third-order valence-electron chi connectivity index (χ3n) is 6.66. The summed E-state index contributed by atoms with van der Waals surface area (Å²) >= 11 is 6.07. The van der Waals surface area contributed by atoms with E-state index in [1.165, 1.54) is 4.68 Å². The van der Waals surface area contributed by atoms with Gasteiger partial charge in [-0.15, -0.1) is 0 Å². The number of carbonyl (C=O) groups excluding carboxylic acids is 1. The quantitative estimate of drug-likeness (QED) is 0.711. The minimum Gasteiger partial charge on any atom is -0.350 e. The minimum absolute atomic E-state index is 0.0485. The molecule has 0 bridgehead atoms. The molecule has 0 saturated heterocycles. The Kier molecular flexibility index (Phi) is 6.01. The molecule has 0 radical (unpaired) electrons. The van der Waals surface area contributed by atoms with Crippen molar-refractivity contribution in [2.75, 3.05) is 0 Å². The zero-order chi connectivity index (χ0) is 21.3. The molecule has 4 rings (SSSR count). The fourth-order valence-electron chi connectivity index (χ4n) is 4.50. The normalized spacial score (nSPS) is 19.1. The van der Waals surface area contributed by atoms with E-state index in [1.807, 2.05) is 30.3 Å². The molecule has 2 saturated carbocycles. The number of hydrogen-bond acceptors (Lipinski definition) is 3. The molecule has 0 aliphatic heterocycles. The van der Waals surface area contributed by atoms with Gasteiger partial charge in [0.05, 0.1) is 23.7 Å². The maximum atomic E-state index is 13.6. The number of benzene rings is 1. The van der Waals surface area contributed by atoms with Crippen LogP contribution in [0.5, 0.6) is 0 Å². The summed E-state index contributed by atoms with van der Waals surface area (Å²) in [4.78, 5) is 26.0. The van der Waals surface area contributed by atoms with Crippen LogP contribution in [-0.4, -0.2) is 21.7 Å². The van der Waals surface area contributed by atoms with E-state index in [2.05, 4.69) is 24.3 Å². The van der Waals surface area contributed by atoms with Gasteiger partial charge in [-0.05, 0) is 55.4 Å². The first-order valence-corrected chi connectivity index (χ1v) is 11.4. The Bertz CT molecular complexity index is 957. The van der Waals surface area contributed by atoms with Gasteiger partial charge in [0.1, 0.15) is 0 Å². The molecule has 5 nitrogen and oxygen atoms in total. The van der Waals surface area contributed by atoms with Crippen LogP contribution in [-0.2, 0) is 16.8 Å². The van der Waals surface area contributed by atoms with Crippen molar-refractivity contribution in [1.82, 2.24) is 15.1 Å². The van der Waals surface area contributed by atoms with Gasteiger partial charge >= 0.3 is 0 Å². The Morgan fingerprint density at radius 2 is 1.83 bits per heavy atom. The number of nitrogens with one attached hydrogen (secondary N) is 1. The summed E-state index contributed by atoms with van der Waals surface area (Å²) < 4.78 is 1.53.